The zero-order chi connectivity index (χ0) is 49.1. The first-order valence-electron chi connectivity index (χ1n) is 21.2. The molecule has 3 aromatic rings. The maximum absolute atomic E-state index is 13.8. The number of nitrogens with zero attached hydrogens (tertiary/aromatic N) is 2. The number of halogens is 1. The molecule has 2 aliphatic rings. The van der Waals surface area contributed by atoms with Crippen molar-refractivity contribution in [3.05, 3.63) is 63.4 Å². The van der Waals surface area contributed by atoms with Crippen molar-refractivity contribution in [1.82, 2.24) is 14.9 Å². The maximum atomic E-state index is 13.8. The lowest BCUT2D eigenvalue weighted by atomic mass is 9.85. The van der Waals surface area contributed by atoms with Crippen molar-refractivity contribution in [2.45, 2.75) is 82.9 Å². The molecular formula is C43H59FN3O19P. The molecule has 6 N–H and O–H groups in total. The third-order valence-corrected chi connectivity index (χ3v) is 10.5. The van der Waals surface area contributed by atoms with Crippen molar-refractivity contribution in [2.75, 3.05) is 73.1 Å². The Morgan fingerprint density at radius 1 is 0.866 bits per heavy atom. The van der Waals surface area contributed by atoms with E-state index < -0.39 is 125 Å². The SMILES string of the molecule is CC[C@]1(OC(=O)CNC(=O)CCC(=O)OCC(COC(CO)OC(CO)COC(CO)OC)OC(CO)OCC(C)CO)C(=O)OCc2c1cc1n(c2=O)Cc2cc3ccccc3nc2-1.FP. The number of nitrogens with one attached hydrogen (secondary N) is 1. The lowest BCUT2D eigenvalue weighted by Crippen LogP contribution is -2.48. The molecule has 7 unspecified atom stereocenters. The predicted molar refractivity (Wildman–Crippen MR) is 233 cm³/mol. The standard InChI is InChI=1S/C43H57N3O19.FH2P/c1-4-43(31-12-33-40-27(11-26-7-5-6-8-32(26)45-40)14-46(33)41(55)30(31)24-62-42(43)56)65-36(54)13-44-34(52)9-10-35(53)58-22-29(64-38(18-50)59-20-25(2)15-47)23-61-39(19-51)63-28(16-48)21-60-37(17-49)57-3;1-2/h5-8,11-12,25,28-29,37-39,47-51H,4,9-10,13-24H2,1-3H3,(H,44,52);2H2/t25?,28?,29?,37?,38?,39?,43-;/m1./s1. The van der Waals surface area contributed by atoms with Crippen LogP contribution in [0.5, 0.6) is 0 Å². The van der Waals surface area contributed by atoms with Crippen LogP contribution in [-0.2, 0) is 80.6 Å². The van der Waals surface area contributed by atoms with Crippen LogP contribution in [0.25, 0.3) is 22.3 Å². The first-order chi connectivity index (χ1) is 32.3. The topological polar surface area (TPSA) is 299 Å². The van der Waals surface area contributed by atoms with E-state index in [1.54, 1.807) is 24.5 Å². The molecule has 0 radical (unpaired) electrons. The Bertz CT molecular complexity index is 2160. The average molecular weight is 972 g/mol. The lowest BCUT2D eigenvalue weighted by Gasteiger charge is -2.35. The number of amides is 1. The molecule has 0 aliphatic carbocycles. The fourth-order valence-electron chi connectivity index (χ4n) is 6.96. The van der Waals surface area contributed by atoms with Gasteiger partial charge in [0.2, 0.25) is 11.5 Å². The number of benzene rings is 1. The van der Waals surface area contributed by atoms with Gasteiger partial charge >= 0.3 is 17.9 Å². The van der Waals surface area contributed by atoms with Crippen molar-refractivity contribution in [3.8, 4) is 11.4 Å². The Morgan fingerprint density at radius 3 is 2.18 bits per heavy atom. The van der Waals surface area contributed by atoms with Crippen LogP contribution < -0.4 is 10.9 Å². The first-order valence-corrected chi connectivity index (χ1v) is 21.7. The van der Waals surface area contributed by atoms with Crippen molar-refractivity contribution < 1.29 is 91.5 Å². The van der Waals surface area contributed by atoms with E-state index in [2.05, 4.69) is 5.32 Å². The number of pyridine rings is 2. The first kappa shape index (κ1) is 55.0. The lowest BCUT2D eigenvalue weighted by molar-refractivity contribution is -0.250. The summed E-state index contributed by atoms with van der Waals surface area (Å²) < 4.78 is 60.0. The Kier molecular flexibility index (Phi) is 22.5. The van der Waals surface area contributed by atoms with Crippen LogP contribution in [0.4, 0.5) is 4.20 Å². The summed E-state index contributed by atoms with van der Waals surface area (Å²) in [7, 11) is 2.22. The summed E-state index contributed by atoms with van der Waals surface area (Å²) in [6.07, 6.45) is -6.76. The number of hydrogen-bond acceptors (Lipinski definition) is 20. The fraction of sp³-hybridized carbons (Fsp3) is 0.581. The minimum Gasteiger partial charge on any atom is -0.463 e. The highest BCUT2D eigenvalue weighted by atomic mass is 31.1. The molecular weight excluding hydrogens is 912 g/mol. The van der Waals surface area contributed by atoms with Gasteiger partial charge in [-0.15, -0.1) is 0 Å². The molecule has 22 nitrogen and oxygen atoms in total. The minimum absolute atomic E-state index is 0.00201. The predicted octanol–water partition coefficient (Wildman–Crippen LogP) is -0.141. The van der Waals surface area contributed by atoms with Crippen LogP contribution in [0.3, 0.4) is 0 Å². The molecule has 372 valence electrons. The molecule has 0 bridgehead atoms. The fourth-order valence-corrected chi connectivity index (χ4v) is 6.96. The van der Waals surface area contributed by atoms with E-state index in [-0.39, 0.29) is 56.4 Å². The third-order valence-electron chi connectivity index (χ3n) is 10.5. The zero-order valence-corrected chi connectivity index (χ0v) is 38.5. The zero-order valence-electron chi connectivity index (χ0n) is 37.3. The molecule has 0 fully saturated rings. The van der Waals surface area contributed by atoms with Gasteiger partial charge in [0.15, 0.2) is 18.9 Å². The highest BCUT2D eigenvalue weighted by molar-refractivity contribution is 7.09. The largest absolute Gasteiger partial charge is 0.463 e. The van der Waals surface area contributed by atoms with Crippen LogP contribution in [0.1, 0.15) is 49.8 Å². The molecule has 0 saturated heterocycles. The van der Waals surface area contributed by atoms with Gasteiger partial charge in [0.05, 0.1) is 91.2 Å². The highest BCUT2D eigenvalue weighted by Gasteiger charge is 2.50. The Labute approximate surface area is 386 Å². The van der Waals surface area contributed by atoms with Crippen LogP contribution in [-0.4, -0.2) is 163 Å². The second-order valence-corrected chi connectivity index (χ2v) is 15.3. The van der Waals surface area contributed by atoms with E-state index in [0.29, 0.717) is 16.9 Å². The Morgan fingerprint density at radius 2 is 1.52 bits per heavy atom. The van der Waals surface area contributed by atoms with Gasteiger partial charge in [-0.1, -0.05) is 32.0 Å². The van der Waals surface area contributed by atoms with Gasteiger partial charge in [0.25, 0.3) is 5.56 Å². The number of carbonyl (C=O) groups excluding carboxylic acids is 4. The number of ether oxygens (including phenoxy) is 9. The number of methoxy groups -OCH3 is 1. The van der Waals surface area contributed by atoms with Crippen molar-refractivity contribution in [3.63, 3.8) is 0 Å². The molecule has 5 rings (SSSR count). The van der Waals surface area contributed by atoms with E-state index in [1.807, 2.05) is 30.3 Å². The molecule has 2 aromatic heterocycles. The summed E-state index contributed by atoms with van der Waals surface area (Å²) in [5, 5.41) is 51.3. The van der Waals surface area contributed by atoms with Gasteiger partial charge in [0, 0.05) is 42.6 Å². The van der Waals surface area contributed by atoms with Crippen molar-refractivity contribution in [2.24, 2.45) is 5.92 Å². The molecule has 67 heavy (non-hydrogen) atoms. The van der Waals surface area contributed by atoms with Gasteiger partial charge < -0.3 is 78.0 Å². The normalized spacial score (nSPS) is 17.6. The quantitative estimate of drug-likeness (QED) is 0.0187. The second kappa shape index (κ2) is 27.4. The number of aliphatic hydroxyl groups is 5. The molecule has 24 heteroatoms. The van der Waals surface area contributed by atoms with E-state index in [9.17, 15) is 53.7 Å². The Balaban J connectivity index is 0.00000483. The number of carbonyl (C=O) groups is 4. The van der Waals surface area contributed by atoms with E-state index in [0.717, 1.165) is 20.5 Å². The van der Waals surface area contributed by atoms with Crippen LogP contribution in [0.15, 0.2) is 41.2 Å². The second-order valence-electron chi connectivity index (χ2n) is 15.3. The number of esters is 3. The molecule has 1 aromatic carbocycles. The van der Waals surface area contributed by atoms with Gasteiger partial charge in [-0.25, -0.2) is 14.0 Å². The highest BCUT2D eigenvalue weighted by Crippen LogP contribution is 2.41. The molecule has 2 aliphatic heterocycles. The Hall–Kier alpha value is -4.62. The van der Waals surface area contributed by atoms with Gasteiger partial charge in [-0.3, -0.25) is 19.2 Å². The summed E-state index contributed by atoms with van der Waals surface area (Å²) in [6, 6.07) is 11.1. The summed E-state index contributed by atoms with van der Waals surface area (Å²) in [5.74, 6) is -3.82. The van der Waals surface area contributed by atoms with Gasteiger partial charge in [-0.05, 0) is 24.6 Å². The summed E-state index contributed by atoms with van der Waals surface area (Å²) in [6.45, 7) is -1.22. The van der Waals surface area contributed by atoms with Gasteiger partial charge in [0.1, 0.15) is 32.0 Å². The number of aromatic nitrogens is 2. The van der Waals surface area contributed by atoms with Crippen molar-refractivity contribution in [1.29, 1.82) is 0 Å². The molecule has 8 atom stereocenters. The van der Waals surface area contributed by atoms with E-state index in [1.165, 1.54) is 7.11 Å². The summed E-state index contributed by atoms with van der Waals surface area (Å²) in [5.41, 5.74) is 0.432. The van der Waals surface area contributed by atoms with Crippen LogP contribution in [0, 0.1) is 5.92 Å². The number of hydrogen-bond donors (Lipinski definition) is 6. The minimum atomic E-state index is -2.00. The number of cyclic esters (lactones) is 1. The van der Waals surface area contributed by atoms with Crippen LogP contribution >= 0.6 is 9.55 Å². The summed E-state index contributed by atoms with van der Waals surface area (Å²) in [4.78, 5) is 70.9. The number of fused-ring (bicyclic) bond motifs is 5. The number of rotatable bonds is 28. The molecule has 0 spiro atoms. The third kappa shape index (κ3) is 14.7. The molecule has 4 heterocycles. The van der Waals surface area contributed by atoms with Gasteiger partial charge in [-0.2, -0.15) is 0 Å². The molecule has 1 amide bonds. The number of para-hydroxylation sites is 1. The summed E-state index contributed by atoms with van der Waals surface area (Å²) >= 11 is 0. The van der Waals surface area contributed by atoms with Crippen molar-refractivity contribution >= 4 is 44.3 Å². The van der Waals surface area contributed by atoms with E-state index in [4.69, 9.17) is 47.6 Å². The van der Waals surface area contributed by atoms with E-state index >= 15 is 0 Å². The molecule has 0 saturated carbocycles. The smallest absolute Gasteiger partial charge is 0.355 e. The average Bonchev–Trinajstić information content (AvgIpc) is 3.71. The number of aliphatic hydroxyl groups excluding tert-OH is 5. The van der Waals surface area contributed by atoms with Crippen LogP contribution in [0.2, 0.25) is 0 Å². The monoisotopic (exact) mass is 971 g/mol. The maximum Gasteiger partial charge on any atom is 0.355 e.